The van der Waals surface area contributed by atoms with E-state index in [-0.39, 0.29) is 0 Å². The average molecular weight is 487 g/mol. The molecule has 0 saturated heterocycles. The number of hydrogen-bond donors (Lipinski definition) is 0. The van der Waals surface area contributed by atoms with Gasteiger partial charge in [-0.15, -0.1) is 0 Å². The van der Waals surface area contributed by atoms with E-state index in [0.29, 0.717) is 0 Å². The minimum absolute atomic E-state index is 0.739. The third-order valence-electron chi connectivity index (χ3n) is 5.88. The zero-order valence-electron chi connectivity index (χ0n) is 21.7. The van der Waals surface area contributed by atoms with Crippen molar-refractivity contribution >= 4 is 17.4 Å². The van der Waals surface area contributed by atoms with Crippen molar-refractivity contribution < 1.29 is 8.85 Å². The second kappa shape index (κ2) is 15.4. The van der Waals surface area contributed by atoms with Crippen LogP contribution in [0.15, 0.2) is 36.7 Å². The van der Waals surface area contributed by atoms with Crippen LogP contribution in [0.4, 0.5) is 0 Å². The molecule has 0 saturated carbocycles. The maximum Gasteiger partial charge on any atom is 0.173 e. The van der Waals surface area contributed by atoms with Crippen LogP contribution < -0.4 is 4.74 Å². The molecule has 4 nitrogen and oxygen atoms in total. The van der Waals surface area contributed by atoms with Crippen molar-refractivity contribution in [2.24, 2.45) is 0 Å². The van der Waals surface area contributed by atoms with E-state index >= 15 is 0 Å². The lowest BCUT2D eigenvalue weighted by molar-refractivity contribution is 0.315. The van der Waals surface area contributed by atoms with Crippen LogP contribution in [0.2, 0.25) is 32.2 Å². The Labute approximate surface area is 205 Å². The monoisotopic (exact) mass is 486 g/mol. The van der Waals surface area contributed by atoms with Crippen molar-refractivity contribution in [1.29, 1.82) is 0 Å². The van der Waals surface area contributed by atoms with Crippen molar-refractivity contribution in [3.8, 4) is 17.1 Å². The first-order valence-corrected chi connectivity index (χ1v) is 19.0. The molecule has 0 aliphatic rings. The number of aromatic nitrogens is 2. The van der Waals surface area contributed by atoms with Crippen molar-refractivity contribution in [2.75, 3.05) is 6.61 Å². The van der Waals surface area contributed by atoms with Crippen LogP contribution in [-0.4, -0.2) is 33.9 Å². The summed E-state index contributed by atoms with van der Waals surface area (Å²) in [4.78, 5) is 9.19. The highest BCUT2D eigenvalue weighted by Crippen LogP contribution is 2.21. The van der Waals surface area contributed by atoms with Gasteiger partial charge in [0.05, 0.1) is 6.61 Å². The molecule has 0 spiro atoms. The molecule has 0 unspecified atom stereocenters. The van der Waals surface area contributed by atoms with Crippen LogP contribution in [-0.2, 0) is 10.5 Å². The molecule has 33 heavy (non-hydrogen) atoms. The van der Waals surface area contributed by atoms with E-state index in [0.717, 1.165) is 42.6 Å². The molecule has 0 fully saturated rings. The van der Waals surface area contributed by atoms with Gasteiger partial charge in [-0.2, -0.15) is 0 Å². The standard InChI is InChI=1S/C27H46N2O2Si2/c1-6-7-8-9-10-11-12-13-15-24-22-28-27(29-23-24)25-16-18-26(19-17-25)30-20-14-21-33(4,5)31-32(2)3/h16-19,22-23,32H,6-15,20-21H2,1-5H3. The second-order valence-electron chi connectivity index (χ2n) is 10.0. The minimum atomic E-state index is -1.52. The van der Waals surface area contributed by atoms with Crippen LogP contribution in [0.25, 0.3) is 11.4 Å². The van der Waals surface area contributed by atoms with Crippen molar-refractivity contribution in [1.82, 2.24) is 9.97 Å². The van der Waals surface area contributed by atoms with Gasteiger partial charge in [0, 0.05) is 18.0 Å². The predicted molar refractivity (Wildman–Crippen MR) is 146 cm³/mol. The van der Waals surface area contributed by atoms with Gasteiger partial charge in [-0.1, -0.05) is 51.9 Å². The highest BCUT2D eigenvalue weighted by Gasteiger charge is 2.22. The predicted octanol–water partition coefficient (Wildman–Crippen LogP) is 7.80. The van der Waals surface area contributed by atoms with Gasteiger partial charge in [-0.3, -0.25) is 0 Å². The highest BCUT2D eigenvalue weighted by molar-refractivity contribution is 6.77. The average Bonchev–Trinajstić information content (AvgIpc) is 2.78. The fraction of sp³-hybridized carbons (Fsp3) is 0.630. The molecule has 0 N–H and O–H groups in total. The van der Waals surface area contributed by atoms with Crippen molar-refractivity contribution in [2.45, 2.75) is 103 Å². The Hall–Kier alpha value is -1.51. The van der Waals surface area contributed by atoms with Crippen molar-refractivity contribution in [3.05, 3.63) is 42.2 Å². The topological polar surface area (TPSA) is 44.2 Å². The first-order valence-electron chi connectivity index (χ1n) is 13.1. The number of unbranched alkanes of at least 4 members (excludes halogenated alkanes) is 7. The number of benzene rings is 1. The number of rotatable bonds is 17. The van der Waals surface area contributed by atoms with Crippen LogP contribution in [0, 0.1) is 0 Å². The molecule has 1 aromatic carbocycles. The van der Waals surface area contributed by atoms with Crippen LogP contribution in [0.3, 0.4) is 0 Å². The Kier molecular flexibility index (Phi) is 12.9. The summed E-state index contributed by atoms with van der Waals surface area (Å²) in [5, 5.41) is 0. The lowest BCUT2D eigenvalue weighted by Crippen LogP contribution is -2.35. The third kappa shape index (κ3) is 12.0. The van der Waals surface area contributed by atoms with Gasteiger partial charge < -0.3 is 8.85 Å². The van der Waals surface area contributed by atoms with Gasteiger partial charge in [-0.05, 0) is 81.3 Å². The first-order chi connectivity index (χ1) is 15.9. The van der Waals surface area contributed by atoms with Gasteiger partial charge in [0.25, 0.3) is 0 Å². The summed E-state index contributed by atoms with van der Waals surface area (Å²) in [6.45, 7) is 12.1. The summed E-state index contributed by atoms with van der Waals surface area (Å²) < 4.78 is 12.2. The molecule has 0 bridgehead atoms. The molecular weight excluding hydrogens is 440 g/mol. The smallest absolute Gasteiger partial charge is 0.173 e. The Balaban J connectivity index is 1.68. The summed E-state index contributed by atoms with van der Waals surface area (Å²) >= 11 is 0. The lowest BCUT2D eigenvalue weighted by atomic mass is 10.1. The number of ether oxygens (including phenoxy) is 1. The first kappa shape index (κ1) is 27.7. The van der Waals surface area contributed by atoms with E-state index in [4.69, 9.17) is 8.85 Å². The SMILES string of the molecule is CCCCCCCCCCc1cnc(-c2ccc(OCCC[Si](C)(C)O[SiH](C)C)cc2)nc1. The molecule has 1 heterocycles. The molecule has 184 valence electrons. The molecule has 6 heteroatoms. The van der Waals surface area contributed by atoms with Gasteiger partial charge in [-0.25, -0.2) is 9.97 Å². The van der Waals surface area contributed by atoms with E-state index in [2.05, 4.69) is 55.2 Å². The quantitative estimate of drug-likeness (QED) is 0.169. The van der Waals surface area contributed by atoms with Gasteiger partial charge in [0.1, 0.15) is 5.75 Å². The maximum atomic E-state index is 6.22. The fourth-order valence-electron chi connectivity index (χ4n) is 4.18. The number of hydrogen-bond acceptors (Lipinski definition) is 4. The second-order valence-corrected chi connectivity index (χ2v) is 17.1. The normalized spacial score (nSPS) is 11.8. The zero-order chi connectivity index (χ0) is 23.9. The fourth-order valence-corrected chi connectivity index (χ4v) is 10.8. The minimum Gasteiger partial charge on any atom is -0.494 e. The van der Waals surface area contributed by atoms with Gasteiger partial charge in [0.15, 0.2) is 23.2 Å². The lowest BCUT2D eigenvalue weighted by Gasteiger charge is -2.25. The van der Waals surface area contributed by atoms with Crippen LogP contribution in [0.1, 0.15) is 70.3 Å². The number of aryl methyl sites for hydroxylation is 1. The van der Waals surface area contributed by atoms with E-state index in [1.165, 1.54) is 56.9 Å². The summed E-state index contributed by atoms with van der Waals surface area (Å²) in [5.41, 5.74) is 2.27. The Morgan fingerprint density at radius 1 is 0.818 bits per heavy atom. The van der Waals surface area contributed by atoms with Gasteiger partial charge in [0.2, 0.25) is 0 Å². The summed E-state index contributed by atoms with van der Waals surface area (Å²) in [6, 6.07) is 9.29. The van der Waals surface area contributed by atoms with E-state index in [1.807, 2.05) is 24.5 Å². The van der Waals surface area contributed by atoms with Crippen LogP contribution >= 0.6 is 0 Å². The molecule has 0 amide bonds. The highest BCUT2D eigenvalue weighted by atomic mass is 28.4. The van der Waals surface area contributed by atoms with Crippen LogP contribution in [0.5, 0.6) is 5.75 Å². The zero-order valence-corrected chi connectivity index (χ0v) is 23.9. The van der Waals surface area contributed by atoms with Gasteiger partial charge >= 0.3 is 0 Å². The molecule has 1 aromatic heterocycles. The summed E-state index contributed by atoms with van der Waals surface area (Å²) in [5.74, 6) is 1.69. The van der Waals surface area contributed by atoms with Crippen molar-refractivity contribution in [3.63, 3.8) is 0 Å². The molecule has 0 aliphatic heterocycles. The Bertz CT molecular complexity index is 765. The molecular formula is C27H46N2O2Si2. The molecule has 0 aliphatic carbocycles. The van der Waals surface area contributed by atoms with E-state index in [9.17, 15) is 0 Å². The Morgan fingerprint density at radius 3 is 2.03 bits per heavy atom. The molecule has 0 radical (unpaired) electrons. The third-order valence-corrected chi connectivity index (χ3v) is 11.9. The summed E-state index contributed by atoms with van der Waals surface area (Å²) in [6.07, 6.45) is 16.9. The van der Waals surface area contributed by atoms with E-state index in [1.54, 1.807) is 0 Å². The summed E-state index contributed by atoms with van der Waals surface area (Å²) in [7, 11) is -2.47. The Morgan fingerprint density at radius 2 is 1.42 bits per heavy atom. The molecule has 0 atom stereocenters. The maximum absolute atomic E-state index is 6.22. The molecule has 2 rings (SSSR count). The molecule has 2 aromatic rings. The largest absolute Gasteiger partial charge is 0.494 e. The van der Waals surface area contributed by atoms with E-state index < -0.39 is 17.4 Å². The number of nitrogens with zero attached hydrogens (tertiary/aromatic N) is 2.